The Bertz CT molecular complexity index is 814. The van der Waals surface area contributed by atoms with Crippen molar-refractivity contribution in [1.29, 1.82) is 5.26 Å². The first-order valence-corrected chi connectivity index (χ1v) is 6.32. The lowest BCUT2D eigenvalue weighted by atomic mass is 10.1. The largest absolute Gasteiger partial charge is 0.295 e. The first kappa shape index (κ1) is 14.1. The molecule has 0 amide bonds. The fraction of sp³-hybridized carbons (Fsp3) is 0.0526. The van der Waals surface area contributed by atoms with Crippen LogP contribution in [-0.4, -0.2) is 5.78 Å². The predicted octanol–water partition coefficient (Wildman–Crippen LogP) is 3.16. The minimum absolute atomic E-state index is 0.0371. The number of hydrogen-bond acceptors (Lipinski definition) is 2. The minimum atomic E-state index is 0.0371. The summed E-state index contributed by atoms with van der Waals surface area (Å²) in [5.74, 6) is 11.4. The van der Waals surface area contributed by atoms with E-state index in [-0.39, 0.29) is 5.78 Å². The number of ketones is 1. The summed E-state index contributed by atoms with van der Waals surface area (Å²) in [4.78, 5) is 11.1. The van der Waals surface area contributed by atoms with Gasteiger partial charge in [-0.3, -0.25) is 4.79 Å². The fourth-order valence-electron chi connectivity index (χ4n) is 1.62. The van der Waals surface area contributed by atoms with Gasteiger partial charge in [-0.15, -0.1) is 0 Å². The normalized spacial score (nSPS) is 8.57. The zero-order valence-electron chi connectivity index (χ0n) is 11.5. The fourth-order valence-corrected chi connectivity index (χ4v) is 1.62. The molecule has 2 nitrogen and oxygen atoms in total. The van der Waals surface area contributed by atoms with Gasteiger partial charge < -0.3 is 0 Å². The van der Waals surface area contributed by atoms with Gasteiger partial charge in [-0.2, -0.15) is 5.26 Å². The van der Waals surface area contributed by atoms with Crippen LogP contribution in [0.4, 0.5) is 0 Å². The molecule has 0 N–H and O–H groups in total. The van der Waals surface area contributed by atoms with Crippen molar-refractivity contribution in [2.75, 3.05) is 0 Å². The number of benzene rings is 2. The van der Waals surface area contributed by atoms with E-state index in [1.165, 1.54) is 6.92 Å². The van der Waals surface area contributed by atoms with Gasteiger partial charge in [0.25, 0.3) is 0 Å². The van der Waals surface area contributed by atoms with Crippen LogP contribution in [0.2, 0.25) is 0 Å². The van der Waals surface area contributed by atoms with E-state index in [2.05, 4.69) is 29.8 Å². The molecule has 0 unspecified atom stereocenters. The van der Waals surface area contributed by atoms with E-state index in [4.69, 9.17) is 5.26 Å². The van der Waals surface area contributed by atoms with E-state index in [0.29, 0.717) is 11.1 Å². The topological polar surface area (TPSA) is 40.9 Å². The number of Topliss-reactive ketones (excluding diaryl/α,β-unsaturated/α-hetero) is 1. The van der Waals surface area contributed by atoms with Crippen LogP contribution in [0.3, 0.4) is 0 Å². The van der Waals surface area contributed by atoms with Gasteiger partial charge in [-0.25, -0.2) is 0 Å². The molecule has 0 saturated carbocycles. The monoisotopic (exact) mass is 269 g/mol. The Kier molecular flexibility index (Phi) is 4.55. The van der Waals surface area contributed by atoms with Crippen LogP contribution in [0.5, 0.6) is 0 Å². The Morgan fingerprint density at radius 1 is 0.810 bits per heavy atom. The summed E-state index contributed by atoms with van der Waals surface area (Å²) < 4.78 is 0. The van der Waals surface area contributed by atoms with E-state index >= 15 is 0 Å². The summed E-state index contributed by atoms with van der Waals surface area (Å²) in [6, 6.07) is 16.2. The summed E-state index contributed by atoms with van der Waals surface area (Å²) >= 11 is 0. The third-order valence-corrected chi connectivity index (χ3v) is 2.78. The van der Waals surface area contributed by atoms with E-state index in [1.54, 1.807) is 48.5 Å². The van der Waals surface area contributed by atoms with E-state index < -0.39 is 0 Å². The average Bonchev–Trinajstić information content (AvgIpc) is 2.52. The van der Waals surface area contributed by atoms with Gasteiger partial charge >= 0.3 is 0 Å². The first-order chi connectivity index (χ1) is 10.2. The number of nitriles is 1. The summed E-state index contributed by atoms with van der Waals surface area (Å²) in [5, 5.41) is 8.69. The molecule has 2 heteroatoms. The van der Waals surface area contributed by atoms with Gasteiger partial charge in [0, 0.05) is 16.7 Å². The minimum Gasteiger partial charge on any atom is -0.295 e. The highest BCUT2D eigenvalue weighted by Crippen LogP contribution is 2.04. The van der Waals surface area contributed by atoms with Gasteiger partial charge in [-0.1, -0.05) is 24.0 Å². The number of carbonyl (C=O) groups excluding carboxylic acids is 1. The molecule has 0 aliphatic carbocycles. The molecule has 0 fully saturated rings. The highest BCUT2D eigenvalue weighted by Gasteiger charge is 1.96. The van der Waals surface area contributed by atoms with E-state index in [0.717, 1.165) is 11.1 Å². The average molecular weight is 269 g/mol. The van der Waals surface area contributed by atoms with Crippen LogP contribution in [0.25, 0.3) is 0 Å². The summed E-state index contributed by atoms with van der Waals surface area (Å²) in [6.07, 6.45) is 0. The molecular formula is C19H11NO. The molecule has 98 valence electrons. The quantitative estimate of drug-likeness (QED) is 0.589. The van der Waals surface area contributed by atoms with Crippen molar-refractivity contribution in [3.05, 3.63) is 70.8 Å². The Morgan fingerprint density at radius 3 is 1.67 bits per heavy atom. The molecule has 0 aromatic heterocycles. The van der Waals surface area contributed by atoms with Crippen molar-refractivity contribution >= 4 is 5.78 Å². The van der Waals surface area contributed by atoms with Gasteiger partial charge in [-0.05, 0) is 55.2 Å². The molecule has 0 heterocycles. The summed E-state index contributed by atoms with van der Waals surface area (Å²) in [6.45, 7) is 1.53. The van der Waals surface area contributed by atoms with Gasteiger partial charge in [0.2, 0.25) is 0 Å². The Hall–Kier alpha value is -3.28. The molecule has 2 aromatic rings. The lowest BCUT2D eigenvalue weighted by molar-refractivity contribution is 0.101. The number of rotatable bonds is 1. The zero-order valence-corrected chi connectivity index (χ0v) is 11.5. The second kappa shape index (κ2) is 6.76. The Labute approximate surface area is 124 Å². The van der Waals surface area contributed by atoms with Gasteiger partial charge in [0.15, 0.2) is 5.78 Å². The van der Waals surface area contributed by atoms with Crippen LogP contribution >= 0.6 is 0 Å². The molecule has 0 aliphatic heterocycles. The van der Waals surface area contributed by atoms with Crippen molar-refractivity contribution in [2.24, 2.45) is 0 Å². The van der Waals surface area contributed by atoms with E-state index in [1.807, 2.05) is 0 Å². The molecule has 0 spiro atoms. The molecule has 2 aromatic carbocycles. The Balaban J connectivity index is 2.08. The second-order valence-electron chi connectivity index (χ2n) is 4.32. The molecule has 0 radical (unpaired) electrons. The highest BCUT2D eigenvalue weighted by molar-refractivity contribution is 5.94. The maximum Gasteiger partial charge on any atom is 0.159 e. The van der Waals surface area contributed by atoms with Crippen molar-refractivity contribution in [3.63, 3.8) is 0 Å². The maximum absolute atomic E-state index is 11.1. The van der Waals surface area contributed by atoms with Crippen LogP contribution < -0.4 is 0 Å². The van der Waals surface area contributed by atoms with Crippen LogP contribution in [0.1, 0.15) is 34.0 Å². The van der Waals surface area contributed by atoms with Crippen molar-refractivity contribution in [3.8, 4) is 29.8 Å². The first-order valence-electron chi connectivity index (χ1n) is 6.32. The third kappa shape index (κ3) is 4.10. The number of carbonyl (C=O) groups is 1. The highest BCUT2D eigenvalue weighted by atomic mass is 16.1. The number of hydrogen-bond donors (Lipinski definition) is 0. The van der Waals surface area contributed by atoms with Gasteiger partial charge in [0.1, 0.15) is 0 Å². The van der Waals surface area contributed by atoms with Crippen molar-refractivity contribution in [2.45, 2.75) is 6.92 Å². The summed E-state index contributed by atoms with van der Waals surface area (Å²) in [5.41, 5.74) is 2.91. The maximum atomic E-state index is 11.1. The molecular weight excluding hydrogens is 258 g/mol. The Morgan fingerprint density at radius 2 is 1.24 bits per heavy atom. The standard InChI is InChI=1S/C19H11NO/c1-15(21)19-12-10-17(11-13-19)5-3-2-4-16-6-8-18(14-20)9-7-16/h6-13H,1H3. The SMILES string of the molecule is CC(=O)c1ccc(C#CC#Cc2ccc(C#N)cc2)cc1. The predicted molar refractivity (Wildman–Crippen MR) is 81.4 cm³/mol. The second-order valence-corrected chi connectivity index (χ2v) is 4.32. The molecule has 0 bridgehead atoms. The van der Waals surface area contributed by atoms with Crippen LogP contribution in [0, 0.1) is 35.0 Å². The van der Waals surface area contributed by atoms with E-state index in [9.17, 15) is 4.79 Å². The van der Waals surface area contributed by atoms with Crippen molar-refractivity contribution < 1.29 is 4.79 Å². The van der Waals surface area contributed by atoms with Gasteiger partial charge in [0.05, 0.1) is 11.6 Å². The number of nitrogens with zero attached hydrogens (tertiary/aromatic N) is 1. The molecule has 2 rings (SSSR count). The summed E-state index contributed by atoms with van der Waals surface area (Å²) in [7, 11) is 0. The third-order valence-electron chi connectivity index (χ3n) is 2.78. The lowest BCUT2D eigenvalue weighted by Gasteiger charge is -1.93. The smallest absolute Gasteiger partial charge is 0.159 e. The molecule has 0 atom stereocenters. The molecule has 0 saturated heterocycles. The van der Waals surface area contributed by atoms with Crippen LogP contribution in [0.15, 0.2) is 48.5 Å². The molecule has 0 aliphatic rings. The van der Waals surface area contributed by atoms with Crippen LogP contribution in [-0.2, 0) is 0 Å². The zero-order chi connectivity index (χ0) is 15.1. The van der Waals surface area contributed by atoms with Crippen molar-refractivity contribution in [1.82, 2.24) is 0 Å². The lowest BCUT2D eigenvalue weighted by Crippen LogP contribution is -1.90. The molecule has 21 heavy (non-hydrogen) atoms.